The second kappa shape index (κ2) is 5.67. The molecule has 2 saturated carbocycles. The number of hydrogen-bond acceptors (Lipinski definition) is 0. The highest BCUT2D eigenvalue weighted by Gasteiger charge is 2.28. The molecule has 13 heavy (non-hydrogen) atoms. The Morgan fingerprint density at radius 1 is 0.692 bits per heavy atom. The van der Waals surface area contributed by atoms with Crippen LogP contribution in [0, 0.1) is 17.8 Å². The van der Waals surface area contributed by atoms with E-state index in [0.29, 0.717) is 0 Å². The van der Waals surface area contributed by atoms with Crippen molar-refractivity contribution in [2.45, 2.75) is 65.7 Å². The summed E-state index contributed by atoms with van der Waals surface area (Å²) in [5, 5.41) is 0. The van der Waals surface area contributed by atoms with E-state index >= 15 is 0 Å². The number of hydrogen-bond donors (Lipinski definition) is 0. The summed E-state index contributed by atoms with van der Waals surface area (Å²) >= 11 is 0. The summed E-state index contributed by atoms with van der Waals surface area (Å²) in [6.07, 6.45) is 10.8. The molecule has 2 fully saturated rings. The fraction of sp³-hybridized carbons (Fsp3) is 1.00. The maximum absolute atomic E-state index is 2.17. The average Bonchev–Trinajstić information content (AvgIpc) is 2.49. The molecular weight excluding hydrogens is 156 g/mol. The summed E-state index contributed by atoms with van der Waals surface area (Å²) in [6, 6.07) is 0. The first-order valence-electron chi connectivity index (χ1n) is 6.20. The molecule has 0 N–H and O–H groups in total. The van der Waals surface area contributed by atoms with Gasteiger partial charge in [0.2, 0.25) is 0 Å². The molecule has 2 unspecified atom stereocenters. The Hall–Kier alpha value is 0. The summed E-state index contributed by atoms with van der Waals surface area (Å²) in [7, 11) is 0. The maximum atomic E-state index is 2.17. The van der Waals surface area contributed by atoms with Crippen molar-refractivity contribution in [2.24, 2.45) is 17.8 Å². The molecule has 2 aliphatic rings. The third kappa shape index (κ3) is 4.15. The average molecular weight is 182 g/mol. The molecule has 0 heteroatoms. The predicted octanol–water partition coefficient (Wildman–Crippen LogP) is 4.64. The molecule has 0 aromatic rings. The van der Waals surface area contributed by atoms with Crippen molar-refractivity contribution < 1.29 is 0 Å². The standard InChI is InChI=1S/C9H16.C4H10/c1-2-5-9-7-3-6-8(9)4-1;1-4(2)3/h8-9H,1-7H2;4H,1-3H3. The fourth-order valence-corrected chi connectivity index (χ4v) is 2.69. The van der Waals surface area contributed by atoms with Crippen LogP contribution in [0.4, 0.5) is 0 Å². The normalized spacial score (nSPS) is 32.3. The topological polar surface area (TPSA) is 0 Å². The van der Waals surface area contributed by atoms with Crippen molar-refractivity contribution in [3.05, 3.63) is 0 Å². The summed E-state index contributed by atoms with van der Waals surface area (Å²) in [6.45, 7) is 6.50. The highest BCUT2D eigenvalue weighted by atomic mass is 14.3. The van der Waals surface area contributed by atoms with Crippen LogP contribution in [-0.4, -0.2) is 0 Å². The Labute approximate surface area is 84.1 Å². The Morgan fingerprint density at radius 2 is 1.00 bits per heavy atom. The Bertz CT molecular complexity index is 111. The first-order valence-corrected chi connectivity index (χ1v) is 6.20. The van der Waals surface area contributed by atoms with Crippen LogP contribution in [0.1, 0.15) is 65.7 Å². The quantitative estimate of drug-likeness (QED) is 0.512. The van der Waals surface area contributed by atoms with Crippen LogP contribution in [0.2, 0.25) is 0 Å². The van der Waals surface area contributed by atoms with E-state index in [1.54, 1.807) is 25.7 Å². The van der Waals surface area contributed by atoms with E-state index < -0.39 is 0 Å². The van der Waals surface area contributed by atoms with E-state index in [1.165, 1.54) is 31.1 Å². The van der Waals surface area contributed by atoms with Crippen LogP contribution in [0.3, 0.4) is 0 Å². The van der Waals surface area contributed by atoms with Gasteiger partial charge in [-0.05, 0) is 17.8 Å². The largest absolute Gasteiger partial charge is 0.0630 e. The van der Waals surface area contributed by atoms with E-state index in [-0.39, 0.29) is 0 Å². The molecule has 0 radical (unpaired) electrons. The van der Waals surface area contributed by atoms with Crippen LogP contribution in [0.25, 0.3) is 0 Å². The highest BCUT2D eigenvalue weighted by molar-refractivity contribution is 4.80. The van der Waals surface area contributed by atoms with E-state index in [1.807, 2.05) is 0 Å². The lowest BCUT2D eigenvalue weighted by Crippen LogP contribution is -2.12. The van der Waals surface area contributed by atoms with Gasteiger partial charge in [0.1, 0.15) is 0 Å². The van der Waals surface area contributed by atoms with Crippen LogP contribution >= 0.6 is 0 Å². The van der Waals surface area contributed by atoms with Gasteiger partial charge >= 0.3 is 0 Å². The van der Waals surface area contributed by atoms with E-state index in [9.17, 15) is 0 Å². The van der Waals surface area contributed by atoms with Gasteiger partial charge in [0.15, 0.2) is 0 Å². The van der Waals surface area contributed by atoms with Crippen LogP contribution in [0.15, 0.2) is 0 Å². The Balaban J connectivity index is 0.000000184. The van der Waals surface area contributed by atoms with Crippen molar-refractivity contribution in [2.75, 3.05) is 0 Å². The first kappa shape index (κ1) is 11.1. The minimum atomic E-state index is 0.833. The van der Waals surface area contributed by atoms with Crippen LogP contribution < -0.4 is 0 Å². The smallest absolute Gasteiger partial charge is 0.0386 e. The lowest BCUT2D eigenvalue weighted by atomic mass is 9.82. The van der Waals surface area contributed by atoms with Crippen molar-refractivity contribution >= 4 is 0 Å². The Morgan fingerprint density at radius 3 is 1.38 bits per heavy atom. The highest BCUT2D eigenvalue weighted by Crippen LogP contribution is 2.41. The minimum absolute atomic E-state index is 0.833. The van der Waals surface area contributed by atoms with Crippen molar-refractivity contribution in [3.63, 3.8) is 0 Å². The lowest BCUT2D eigenvalue weighted by molar-refractivity contribution is 0.277. The monoisotopic (exact) mass is 182 g/mol. The van der Waals surface area contributed by atoms with Crippen LogP contribution in [-0.2, 0) is 0 Å². The molecule has 2 aliphatic carbocycles. The maximum Gasteiger partial charge on any atom is -0.0386 e. The molecule has 0 aliphatic heterocycles. The zero-order chi connectivity index (χ0) is 9.68. The third-order valence-electron chi connectivity index (χ3n) is 3.22. The van der Waals surface area contributed by atoms with E-state index in [2.05, 4.69) is 20.8 Å². The SMILES string of the molecule is C1CCC2CCCC2C1.CC(C)C. The van der Waals surface area contributed by atoms with E-state index in [0.717, 1.165) is 5.92 Å². The molecule has 0 aromatic heterocycles. The summed E-state index contributed by atoms with van der Waals surface area (Å²) < 4.78 is 0. The Kier molecular flexibility index (Phi) is 4.83. The zero-order valence-corrected chi connectivity index (χ0v) is 9.68. The predicted molar refractivity (Wildman–Crippen MR) is 59.8 cm³/mol. The fourth-order valence-electron chi connectivity index (χ4n) is 2.69. The number of fused-ring (bicyclic) bond motifs is 1. The first-order chi connectivity index (χ1) is 6.20. The molecule has 0 saturated heterocycles. The molecule has 0 aromatic carbocycles. The molecule has 0 bridgehead atoms. The van der Waals surface area contributed by atoms with Crippen molar-refractivity contribution in [3.8, 4) is 0 Å². The van der Waals surface area contributed by atoms with Gasteiger partial charge in [-0.1, -0.05) is 65.7 Å². The third-order valence-corrected chi connectivity index (χ3v) is 3.22. The van der Waals surface area contributed by atoms with Crippen molar-refractivity contribution in [1.82, 2.24) is 0 Å². The zero-order valence-electron chi connectivity index (χ0n) is 9.68. The summed E-state index contributed by atoms with van der Waals surface area (Å²) in [4.78, 5) is 0. The van der Waals surface area contributed by atoms with Gasteiger partial charge < -0.3 is 0 Å². The van der Waals surface area contributed by atoms with Gasteiger partial charge in [0.25, 0.3) is 0 Å². The minimum Gasteiger partial charge on any atom is -0.0630 e. The lowest BCUT2D eigenvalue weighted by Gasteiger charge is -2.24. The van der Waals surface area contributed by atoms with E-state index in [4.69, 9.17) is 0 Å². The van der Waals surface area contributed by atoms with Gasteiger partial charge in [-0.15, -0.1) is 0 Å². The second-order valence-electron chi connectivity index (χ2n) is 5.47. The van der Waals surface area contributed by atoms with Gasteiger partial charge in [0.05, 0.1) is 0 Å². The molecule has 0 amide bonds. The summed E-state index contributed by atoms with van der Waals surface area (Å²) in [5.74, 6) is 3.16. The summed E-state index contributed by atoms with van der Waals surface area (Å²) in [5.41, 5.74) is 0. The molecule has 78 valence electrons. The molecular formula is C13H26. The van der Waals surface area contributed by atoms with Gasteiger partial charge in [-0.25, -0.2) is 0 Å². The van der Waals surface area contributed by atoms with Gasteiger partial charge in [-0.2, -0.15) is 0 Å². The van der Waals surface area contributed by atoms with Gasteiger partial charge in [-0.3, -0.25) is 0 Å². The van der Waals surface area contributed by atoms with Crippen molar-refractivity contribution in [1.29, 1.82) is 0 Å². The molecule has 0 spiro atoms. The molecule has 0 nitrogen and oxygen atoms in total. The second-order valence-corrected chi connectivity index (χ2v) is 5.47. The molecule has 0 heterocycles. The van der Waals surface area contributed by atoms with Crippen LogP contribution in [0.5, 0.6) is 0 Å². The molecule has 2 atom stereocenters. The molecule has 2 rings (SSSR count). The number of rotatable bonds is 0. The van der Waals surface area contributed by atoms with Gasteiger partial charge in [0, 0.05) is 0 Å².